The number of sulfonamides is 1. The summed E-state index contributed by atoms with van der Waals surface area (Å²) in [5.41, 5.74) is 2.36. The number of hydrogen-bond acceptors (Lipinski definition) is 7. The highest BCUT2D eigenvalue weighted by atomic mass is 32.2. The molecule has 1 saturated heterocycles. The molecule has 0 radical (unpaired) electrons. The normalized spacial score (nSPS) is 17.3. The Morgan fingerprint density at radius 3 is 2.10 bits per heavy atom. The number of carbonyl (C=O) groups excluding carboxylic acids is 1. The monoisotopic (exact) mass is 566 g/mol. The minimum absolute atomic E-state index is 0.177. The summed E-state index contributed by atoms with van der Waals surface area (Å²) in [5, 5.41) is 0. The summed E-state index contributed by atoms with van der Waals surface area (Å²) in [6.07, 6.45) is 2.34. The van der Waals surface area contributed by atoms with Crippen molar-refractivity contribution < 1.29 is 32.2 Å². The zero-order valence-corrected chi connectivity index (χ0v) is 23.8. The molecule has 10 heteroatoms. The van der Waals surface area contributed by atoms with Gasteiger partial charge in [0, 0.05) is 25.2 Å². The Morgan fingerprint density at radius 2 is 1.45 bits per heavy atom. The average Bonchev–Trinajstić information content (AvgIpc) is 3.55. The van der Waals surface area contributed by atoms with Crippen LogP contribution in [0.4, 0.5) is 0 Å². The van der Waals surface area contributed by atoms with Crippen LogP contribution in [-0.4, -0.2) is 71.1 Å². The van der Waals surface area contributed by atoms with E-state index in [1.165, 1.54) is 16.4 Å². The molecule has 0 aromatic heterocycles. The highest BCUT2D eigenvalue weighted by Gasteiger charge is 2.34. The fourth-order valence-electron chi connectivity index (χ4n) is 5.37. The molecule has 9 nitrogen and oxygen atoms in total. The van der Waals surface area contributed by atoms with Crippen LogP contribution < -0.4 is 18.9 Å². The third kappa shape index (κ3) is 5.33. The molecule has 2 aliphatic rings. The summed E-state index contributed by atoms with van der Waals surface area (Å²) in [4.78, 5) is 15.8. The van der Waals surface area contributed by atoms with Gasteiger partial charge in [-0.1, -0.05) is 12.1 Å². The molecule has 212 valence electrons. The summed E-state index contributed by atoms with van der Waals surface area (Å²) in [7, 11) is 1.19. The van der Waals surface area contributed by atoms with E-state index in [4.69, 9.17) is 18.9 Å². The van der Waals surface area contributed by atoms with Gasteiger partial charge >= 0.3 is 0 Å². The summed E-state index contributed by atoms with van der Waals surface area (Å²) in [6.45, 7) is 1.68. The van der Waals surface area contributed by atoms with Crippen molar-refractivity contribution in [3.63, 3.8) is 0 Å². The Bertz CT molecular complexity index is 1470. The zero-order valence-electron chi connectivity index (χ0n) is 23.0. The lowest BCUT2D eigenvalue weighted by atomic mass is 9.91. The third-order valence-corrected chi connectivity index (χ3v) is 9.45. The van der Waals surface area contributed by atoms with Crippen LogP contribution in [0.2, 0.25) is 0 Å². The molecule has 0 saturated carbocycles. The van der Waals surface area contributed by atoms with E-state index >= 15 is 0 Å². The molecule has 0 unspecified atom stereocenters. The fourth-order valence-corrected chi connectivity index (χ4v) is 6.89. The largest absolute Gasteiger partial charge is 0.493 e. The highest BCUT2D eigenvalue weighted by molar-refractivity contribution is 7.89. The second-order valence-electron chi connectivity index (χ2n) is 9.77. The van der Waals surface area contributed by atoms with E-state index in [0.717, 1.165) is 24.0 Å². The average molecular weight is 567 g/mol. The van der Waals surface area contributed by atoms with Crippen molar-refractivity contribution in [2.24, 2.45) is 0 Å². The van der Waals surface area contributed by atoms with Crippen LogP contribution in [0.1, 0.15) is 40.4 Å². The van der Waals surface area contributed by atoms with E-state index in [-0.39, 0.29) is 17.4 Å². The van der Waals surface area contributed by atoms with Gasteiger partial charge in [-0.25, -0.2) is 8.42 Å². The first-order chi connectivity index (χ1) is 19.4. The molecular formula is C30H34N2O7S. The van der Waals surface area contributed by atoms with Crippen LogP contribution in [0.25, 0.3) is 0 Å². The van der Waals surface area contributed by atoms with Crippen LogP contribution in [0.15, 0.2) is 65.6 Å². The van der Waals surface area contributed by atoms with Crippen LogP contribution in [0.5, 0.6) is 23.0 Å². The van der Waals surface area contributed by atoms with Crippen molar-refractivity contribution in [2.75, 3.05) is 47.6 Å². The summed E-state index contributed by atoms with van der Waals surface area (Å²) < 4.78 is 50.2. The van der Waals surface area contributed by atoms with Crippen molar-refractivity contribution in [1.29, 1.82) is 0 Å². The van der Waals surface area contributed by atoms with Crippen molar-refractivity contribution in [2.45, 2.75) is 30.2 Å². The summed E-state index contributed by atoms with van der Waals surface area (Å²) >= 11 is 0. The number of nitrogens with zero attached hydrogens (tertiary/aromatic N) is 2. The second kappa shape index (κ2) is 11.8. The maximum Gasteiger partial charge on any atom is 0.254 e. The molecule has 1 atom stereocenters. The molecule has 0 aliphatic carbocycles. The number of para-hydroxylation sites is 2. The molecule has 5 rings (SSSR count). The SMILES string of the molecule is COc1cc2c(cc1OC)[C@@H](COc1ccccc1OC)N(C(=O)c1ccc(S(=O)(=O)N3CCCC3)cc1)CC2. The van der Waals surface area contributed by atoms with Gasteiger partial charge in [-0.3, -0.25) is 4.79 Å². The predicted octanol–water partition coefficient (Wildman–Crippen LogP) is 4.32. The summed E-state index contributed by atoms with van der Waals surface area (Å²) in [6, 6.07) is 17.0. The minimum atomic E-state index is -3.57. The van der Waals surface area contributed by atoms with Crippen molar-refractivity contribution in [3.05, 3.63) is 77.4 Å². The lowest BCUT2D eigenvalue weighted by Gasteiger charge is -2.37. The summed E-state index contributed by atoms with van der Waals surface area (Å²) in [5.74, 6) is 2.15. The van der Waals surface area contributed by atoms with Crippen LogP contribution in [0, 0.1) is 0 Å². The second-order valence-corrected chi connectivity index (χ2v) is 11.7. The van der Waals surface area contributed by atoms with E-state index in [1.807, 2.05) is 36.4 Å². The smallest absolute Gasteiger partial charge is 0.254 e. The Labute approximate surface area is 235 Å². The zero-order chi connectivity index (χ0) is 28.3. The van der Waals surface area contributed by atoms with E-state index in [9.17, 15) is 13.2 Å². The number of fused-ring (bicyclic) bond motifs is 1. The van der Waals surface area contributed by atoms with Gasteiger partial charge in [-0.2, -0.15) is 4.31 Å². The quantitative estimate of drug-likeness (QED) is 0.381. The number of hydrogen-bond donors (Lipinski definition) is 0. The minimum Gasteiger partial charge on any atom is -0.493 e. The lowest BCUT2D eigenvalue weighted by molar-refractivity contribution is 0.0587. The first kappa shape index (κ1) is 27.8. The number of methoxy groups -OCH3 is 3. The first-order valence-corrected chi connectivity index (χ1v) is 14.7. The van der Waals surface area contributed by atoms with Crippen molar-refractivity contribution in [1.82, 2.24) is 9.21 Å². The highest BCUT2D eigenvalue weighted by Crippen LogP contribution is 2.39. The van der Waals surface area contributed by atoms with Crippen LogP contribution >= 0.6 is 0 Å². The number of benzene rings is 3. The molecular weight excluding hydrogens is 532 g/mol. The van der Waals surface area contributed by atoms with E-state index < -0.39 is 16.1 Å². The third-order valence-electron chi connectivity index (χ3n) is 7.53. The molecule has 3 aromatic rings. The van der Waals surface area contributed by atoms with Gasteiger partial charge in [-0.05, 0) is 78.9 Å². The van der Waals surface area contributed by atoms with Gasteiger partial charge < -0.3 is 23.8 Å². The number of rotatable bonds is 9. The van der Waals surface area contributed by atoms with E-state index in [1.54, 1.807) is 38.4 Å². The molecule has 2 heterocycles. The molecule has 0 spiro atoms. The van der Waals surface area contributed by atoms with Gasteiger partial charge in [0.1, 0.15) is 6.61 Å². The molecule has 40 heavy (non-hydrogen) atoms. The van der Waals surface area contributed by atoms with Crippen molar-refractivity contribution in [3.8, 4) is 23.0 Å². The van der Waals surface area contributed by atoms with Crippen molar-refractivity contribution >= 4 is 15.9 Å². The molecule has 0 bridgehead atoms. The van der Waals surface area contributed by atoms with Crippen LogP contribution in [-0.2, 0) is 16.4 Å². The Morgan fingerprint density at radius 1 is 0.825 bits per heavy atom. The Kier molecular flexibility index (Phi) is 8.18. The maximum atomic E-state index is 13.9. The standard InChI is InChI=1S/C30H34N2O7S/c1-36-26-8-4-5-9-27(26)39-20-25-24-19-29(38-3)28(37-2)18-22(24)14-17-32(25)30(33)21-10-12-23(13-11-21)40(34,35)31-15-6-7-16-31/h4-5,8-13,18-19,25H,6-7,14-17,20H2,1-3H3/t25-/m1/s1. The molecule has 3 aromatic carbocycles. The van der Waals surface area contributed by atoms with Gasteiger partial charge in [0.2, 0.25) is 10.0 Å². The van der Waals surface area contributed by atoms with Gasteiger partial charge in [0.25, 0.3) is 5.91 Å². The molecule has 0 N–H and O–H groups in total. The topological polar surface area (TPSA) is 94.6 Å². The van der Waals surface area contributed by atoms with Gasteiger partial charge in [0.15, 0.2) is 23.0 Å². The molecule has 1 amide bonds. The van der Waals surface area contributed by atoms with E-state index in [0.29, 0.717) is 54.6 Å². The number of amides is 1. The Balaban J connectivity index is 1.46. The number of ether oxygens (including phenoxy) is 4. The van der Waals surface area contributed by atoms with E-state index in [2.05, 4.69) is 0 Å². The Hall–Kier alpha value is -3.76. The van der Waals surface area contributed by atoms with Crippen LogP contribution in [0.3, 0.4) is 0 Å². The predicted molar refractivity (Wildman–Crippen MR) is 150 cm³/mol. The molecule has 1 fully saturated rings. The fraction of sp³-hybridized carbons (Fsp3) is 0.367. The molecule has 2 aliphatic heterocycles. The van der Waals surface area contributed by atoms with Gasteiger partial charge in [-0.15, -0.1) is 0 Å². The number of carbonyl (C=O) groups is 1. The lowest BCUT2D eigenvalue weighted by Crippen LogP contribution is -2.42. The maximum absolute atomic E-state index is 13.9. The first-order valence-electron chi connectivity index (χ1n) is 13.3. The van der Waals surface area contributed by atoms with Gasteiger partial charge in [0.05, 0.1) is 32.3 Å².